The smallest absolute Gasteiger partial charge is 0.0978 e. The second-order valence-corrected chi connectivity index (χ2v) is 3.29. The van der Waals surface area contributed by atoms with Crippen molar-refractivity contribution in [3.05, 3.63) is 54.7 Å². The lowest BCUT2D eigenvalue weighted by molar-refractivity contribution is 1.43. The van der Waals surface area contributed by atoms with Crippen molar-refractivity contribution in [1.29, 1.82) is 0 Å². The van der Waals surface area contributed by atoms with Crippen LogP contribution in [0.5, 0.6) is 0 Å². The fourth-order valence-electron chi connectivity index (χ4n) is 1.73. The molecule has 0 N–H and O–H groups in total. The molecule has 0 aliphatic rings. The van der Waals surface area contributed by atoms with Crippen LogP contribution >= 0.6 is 0 Å². The van der Waals surface area contributed by atoms with Crippen LogP contribution in [0.3, 0.4) is 0 Å². The first kappa shape index (κ1) is 7.51. The van der Waals surface area contributed by atoms with Crippen molar-refractivity contribution in [2.45, 2.75) is 0 Å². The molecule has 1 heteroatoms. The molecule has 2 aromatic carbocycles. The second kappa shape index (κ2) is 2.81. The predicted molar refractivity (Wildman–Crippen MR) is 58.1 cm³/mol. The van der Waals surface area contributed by atoms with Crippen LogP contribution in [0.1, 0.15) is 0 Å². The predicted octanol–water partition coefficient (Wildman–Crippen LogP) is 3.19. The van der Waals surface area contributed by atoms with Gasteiger partial charge in [-0.1, -0.05) is 42.5 Å². The van der Waals surface area contributed by atoms with Gasteiger partial charge in [-0.05, 0) is 11.5 Å². The zero-order valence-corrected chi connectivity index (χ0v) is 7.57. The molecule has 1 aromatic heterocycles. The molecule has 0 aliphatic carbocycles. The molecule has 1 nitrogen and oxygen atoms in total. The number of fused-ring (bicyclic) bond motifs is 3. The second-order valence-electron chi connectivity index (χ2n) is 3.29. The molecule has 0 saturated carbocycles. The van der Waals surface area contributed by atoms with E-state index >= 15 is 0 Å². The van der Waals surface area contributed by atoms with Gasteiger partial charge in [0.25, 0.3) is 0 Å². The molecule has 0 amide bonds. The Bertz CT molecular complexity index is 544. The molecule has 65 valence electrons. The van der Waals surface area contributed by atoms with Crippen molar-refractivity contribution in [1.82, 2.24) is 4.98 Å². The van der Waals surface area contributed by atoms with Crippen molar-refractivity contribution in [2.24, 2.45) is 0 Å². The van der Waals surface area contributed by atoms with Gasteiger partial charge < -0.3 is 0 Å². The van der Waals surface area contributed by atoms with Crippen LogP contribution < -0.4 is 0 Å². The zero-order valence-electron chi connectivity index (χ0n) is 7.57. The number of para-hydroxylation sites is 1. The summed E-state index contributed by atoms with van der Waals surface area (Å²) in [7, 11) is 0. The maximum absolute atomic E-state index is 4.28. The standard InChI is InChI=1S/C13H8N/c1-2-6-11-10(5-1)9-14-13-8-4-3-7-12(11)13/h1-8H. The number of pyridine rings is 1. The highest BCUT2D eigenvalue weighted by Crippen LogP contribution is 2.21. The average molecular weight is 178 g/mol. The summed E-state index contributed by atoms with van der Waals surface area (Å²) in [6, 6.07) is 16.3. The summed E-state index contributed by atoms with van der Waals surface area (Å²) >= 11 is 0. The summed E-state index contributed by atoms with van der Waals surface area (Å²) in [5.74, 6) is 0. The van der Waals surface area contributed by atoms with E-state index in [4.69, 9.17) is 0 Å². The Kier molecular flexibility index (Phi) is 1.51. The summed E-state index contributed by atoms with van der Waals surface area (Å²) < 4.78 is 0. The molecule has 3 aromatic rings. The minimum atomic E-state index is 1.01. The third kappa shape index (κ3) is 0.990. The van der Waals surface area contributed by atoms with Gasteiger partial charge in [-0.2, -0.15) is 0 Å². The van der Waals surface area contributed by atoms with E-state index in [1.54, 1.807) is 0 Å². The molecule has 3 rings (SSSR count). The number of hydrogen-bond acceptors (Lipinski definition) is 1. The molecule has 0 bridgehead atoms. The first-order chi connectivity index (χ1) is 6.95. The van der Waals surface area contributed by atoms with Crippen molar-refractivity contribution < 1.29 is 0 Å². The molecule has 1 radical (unpaired) electrons. The normalized spacial score (nSPS) is 10.9. The molecular weight excluding hydrogens is 170 g/mol. The van der Waals surface area contributed by atoms with Crippen LogP contribution in [0, 0.1) is 6.20 Å². The number of rotatable bonds is 0. The minimum absolute atomic E-state index is 1.01. The van der Waals surface area contributed by atoms with Crippen molar-refractivity contribution >= 4 is 21.7 Å². The van der Waals surface area contributed by atoms with E-state index in [0.29, 0.717) is 0 Å². The Hall–Kier alpha value is -1.89. The van der Waals surface area contributed by atoms with Crippen LogP contribution in [0.15, 0.2) is 48.5 Å². The van der Waals surface area contributed by atoms with E-state index in [2.05, 4.69) is 23.3 Å². The quantitative estimate of drug-likeness (QED) is 0.482. The lowest BCUT2D eigenvalue weighted by Crippen LogP contribution is -1.80. The highest BCUT2D eigenvalue weighted by atomic mass is 14.6. The molecule has 0 fully saturated rings. The fourth-order valence-corrected chi connectivity index (χ4v) is 1.73. The van der Waals surface area contributed by atoms with Gasteiger partial charge in [0.15, 0.2) is 0 Å². The van der Waals surface area contributed by atoms with Crippen LogP contribution in [0.25, 0.3) is 21.7 Å². The summed E-state index contributed by atoms with van der Waals surface area (Å²) in [6.45, 7) is 0. The maximum Gasteiger partial charge on any atom is 0.0978 e. The SMILES string of the molecule is [c]1nc2ccccc2c2ccccc12. The Labute approximate surface area is 82.0 Å². The largest absolute Gasteiger partial charge is 0.245 e. The first-order valence-corrected chi connectivity index (χ1v) is 4.60. The summed E-state index contributed by atoms with van der Waals surface area (Å²) in [5.41, 5.74) is 1.01. The van der Waals surface area contributed by atoms with Crippen molar-refractivity contribution in [3.8, 4) is 0 Å². The molecule has 0 saturated heterocycles. The molecule has 14 heavy (non-hydrogen) atoms. The van der Waals surface area contributed by atoms with Gasteiger partial charge in [0.1, 0.15) is 0 Å². The first-order valence-electron chi connectivity index (χ1n) is 4.60. The molecule has 0 aliphatic heterocycles. The number of aromatic nitrogens is 1. The Balaban J connectivity index is 2.61. The molecule has 0 atom stereocenters. The monoisotopic (exact) mass is 178 g/mol. The van der Waals surface area contributed by atoms with Gasteiger partial charge in [-0.25, -0.2) is 4.98 Å². The summed E-state index contributed by atoms with van der Waals surface area (Å²) in [6.07, 6.45) is 3.04. The maximum atomic E-state index is 4.28. The number of hydrogen-bond donors (Lipinski definition) is 0. The zero-order chi connectivity index (χ0) is 9.38. The van der Waals surface area contributed by atoms with Crippen molar-refractivity contribution in [3.63, 3.8) is 0 Å². The minimum Gasteiger partial charge on any atom is -0.245 e. The van der Waals surface area contributed by atoms with Crippen molar-refractivity contribution in [2.75, 3.05) is 0 Å². The van der Waals surface area contributed by atoms with Crippen LogP contribution in [0.2, 0.25) is 0 Å². The van der Waals surface area contributed by atoms with Crippen LogP contribution in [0.4, 0.5) is 0 Å². The Morgan fingerprint density at radius 3 is 2.43 bits per heavy atom. The number of benzene rings is 2. The fraction of sp³-hybridized carbons (Fsp3) is 0. The average Bonchev–Trinajstić information content (AvgIpc) is 2.29. The third-order valence-electron chi connectivity index (χ3n) is 2.42. The van der Waals surface area contributed by atoms with Crippen LogP contribution in [-0.2, 0) is 0 Å². The van der Waals surface area contributed by atoms with Gasteiger partial charge in [0.05, 0.1) is 11.7 Å². The summed E-state index contributed by atoms with van der Waals surface area (Å²) in [5, 5.41) is 3.49. The Morgan fingerprint density at radius 2 is 1.50 bits per heavy atom. The van der Waals surface area contributed by atoms with E-state index in [9.17, 15) is 0 Å². The lowest BCUT2D eigenvalue weighted by atomic mass is 10.1. The summed E-state index contributed by atoms with van der Waals surface area (Å²) in [4.78, 5) is 4.28. The molecular formula is C13H8N. The van der Waals surface area contributed by atoms with Gasteiger partial charge in [0.2, 0.25) is 0 Å². The molecule has 0 spiro atoms. The topological polar surface area (TPSA) is 12.9 Å². The van der Waals surface area contributed by atoms with Gasteiger partial charge >= 0.3 is 0 Å². The lowest BCUT2D eigenvalue weighted by Gasteiger charge is -2.00. The van der Waals surface area contributed by atoms with E-state index in [-0.39, 0.29) is 0 Å². The third-order valence-corrected chi connectivity index (χ3v) is 2.42. The highest BCUT2D eigenvalue weighted by Gasteiger charge is 1.99. The van der Waals surface area contributed by atoms with E-state index in [1.165, 1.54) is 10.8 Å². The Morgan fingerprint density at radius 1 is 0.786 bits per heavy atom. The van der Waals surface area contributed by atoms with E-state index in [1.807, 2.05) is 36.4 Å². The van der Waals surface area contributed by atoms with E-state index in [0.717, 1.165) is 10.9 Å². The highest BCUT2D eigenvalue weighted by molar-refractivity contribution is 6.04. The van der Waals surface area contributed by atoms with Gasteiger partial charge in [0, 0.05) is 10.8 Å². The van der Waals surface area contributed by atoms with Crippen LogP contribution in [-0.4, -0.2) is 4.98 Å². The van der Waals surface area contributed by atoms with Gasteiger partial charge in [-0.3, -0.25) is 0 Å². The van der Waals surface area contributed by atoms with Gasteiger partial charge in [-0.15, -0.1) is 0 Å². The molecule has 0 unspecified atom stereocenters. The number of nitrogens with zero attached hydrogens (tertiary/aromatic N) is 1. The molecule has 1 heterocycles. The van der Waals surface area contributed by atoms with E-state index < -0.39 is 0 Å².